The lowest BCUT2D eigenvalue weighted by atomic mass is 10.1. The number of rotatable bonds is 5. The Hall–Kier alpha value is -1.96. The van der Waals surface area contributed by atoms with Crippen molar-refractivity contribution in [3.63, 3.8) is 0 Å². The average Bonchev–Trinajstić information content (AvgIpc) is 3.34. The largest absolute Gasteiger partial charge is 0.258 e. The third-order valence-corrected chi connectivity index (χ3v) is 5.96. The minimum absolute atomic E-state index is 0.746. The number of aromatic amines is 1. The van der Waals surface area contributed by atoms with Gasteiger partial charge in [0.2, 0.25) is 5.16 Å². The first-order valence-corrected chi connectivity index (χ1v) is 10.2. The van der Waals surface area contributed by atoms with E-state index in [9.17, 15) is 0 Å². The van der Waals surface area contributed by atoms with Crippen LogP contribution in [0.15, 0.2) is 51.6 Å². The molecule has 0 radical (unpaired) electrons. The van der Waals surface area contributed by atoms with Crippen LogP contribution in [0.25, 0.3) is 22.0 Å². The summed E-state index contributed by atoms with van der Waals surface area (Å²) in [5.74, 6) is 1.57. The fourth-order valence-corrected chi connectivity index (χ4v) is 4.51. The van der Waals surface area contributed by atoms with Crippen LogP contribution in [0.2, 0.25) is 0 Å². The summed E-state index contributed by atoms with van der Waals surface area (Å²) in [4.78, 5) is 9.24. The minimum atomic E-state index is 0.746. The van der Waals surface area contributed by atoms with Crippen molar-refractivity contribution in [3.05, 3.63) is 57.7 Å². The molecule has 3 aromatic heterocycles. The highest BCUT2D eigenvalue weighted by molar-refractivity contribution is 7.98. The number of aryl methyl sites for hydroxylation is 1. The van der Waals surface area contributed by atoms with Crippen LogP contribution in [0.5, 0.6) is 0 Å². The standard InChI is InChI=1S/C17H14N4S3/c1-11-2-4-12(5-3-11)15-19-17(21-20-15)24-10-14-9-23-16(18-14)13-6-7-22-8-13/h2-9H,10H2,1H3,(H,19,20,21). The van der Waals surface area contributed by atoms with Gasteiger partial charge in [-0.05, 0) is 18.4 Å². The third kappa shape index (κ3) is 3.43. The van der Waals surface area contributed by atoms with Crippen LogP contribution in [0.4, 0.5) is 0 Å². The van der Waals surface area contributed by atoms with Gasteiger partial charge in [0, 0.05) is 27.6 Å². The molecular weight excluding hydrogens is 356 g/mol. The van der Waals surface area contributed by atoms with Gasteiger partial charge in [-0.15, -0.1) is 16.4 Å². The van der Waals surface area contributed by atoms with Crippen molar-refractivity contribution in [2.75, 3.05) is 0 Å². The number of benzene rings is 1. The Morgan fingerprint density at radius 1 is 1.04 bits per heavy atom. The van der Waals surface area contributed by atoms with Crippen LogP contribution in [-0.2, 0) is 5.75 Å². The van der Waals surface area contributed by atoms with Crippen LogP contribution in [0.3, 0.4) is 0 Å². The van der Waals surface area contributed by atoms with Gasteiger partial charge in [-0.1, -0.05) is 41.6 Å². The number of thioether (sulfide) groups is 1. The molecule has 0 spiro atoms. The molecule has 4 rings (SSSR count). The summed E-state index contributed by atoms with van der Waals surface area (Å²) < 4.78 is 0. The molecule has 1 aromatic carbocycles. The highest BCUT2D eigenvalue weighted by atomic mass is 32.2. The van der Waals surface area contributed by atoms with Crippen molar-refractivity contribution in [2.45, 2.75) is 17.8 Å². The molecule has 0 aliphatic carbocycles. The summed E-state index contributed by atoms with van der Waals surface area (Å²) in [7, 11) is 0. The maximum absolute atomic E-state index is 4.68. The molecule has 0 atom stereocenters. The third-order valence-electron chi connectivity index (χ3n) is 3.46. The highest BCUT2D eigenvalue weighted by Crippen LogP contribution is 2.28. The molecule has 0 fully saturated rings. The summed E-state index contributed by atoms with van der Waals surface area (Å²) >= 11 is 4.97. The molecule has 7 heteroatoms. The first kappa shape index (κ1) is 15.6. The SMILES string of the molecule is Cc1ccc(-c2nc(SCc3csc(-c4ccsc4)n3)n[nH]2)cc1. The second-order valence-corrected chi connectivity index (χ2v) is 7.86. The summed E-state index contributed by atoms with van der Waals surface area (Å²) in [5.41, 5.74) is 4.54. The van der Waals surface area contributed by atoms with E-state index in [-0.39, 0.29) is 0 Å². The van der Waals surface area contributed by atoms with E-state index in [1.165, 1.54) is 11.1 Å². The molecule has 0 saturated heterocycles. The molecule has 0 bridgehead atoms. The lowest BCUT2D eigenvalue weighted by Crippen LogP contribution is -1.83. The van der Waals surface area contributed by atoms with Crippen LogP contribution < -0.4 is 0 Å². The van der Waals surface area contributed by atoms with Crippen LogP contribution in [0, 0.1) is 6.92 Å². The Labute approximate surface area is 152 Å². The molecule has 0 aliphatic rings. The summed E-state index contributed by atoms with van der Waals surface area (Å²) in [5, 5.41) is 15.4. The molecule has 1 N–H and O–H groups in total. The number of hydrogen-bond donors (Lipinski definition) is 1. The van der Waals surface area contributed by atoms with E-state index in [1.54, 1.807) is 34.4 Å². The second-order valence-electron chi connectivity index (χ2n) is 5.28. The average molecular weight is 371 g/mol. The second kappa shape index (κ2) is 6.88. The van der Waals surface area contributed by atoms with Gasteiger partial charge in [0.15, 0.2) is 5.82 Å². The summed E-state index contributed by atoms with van der Waals surface area (Å²) in [6, 6.07) is 10.4. The van der Waals surface area contributed by atoms with E-state index in [2.05, 4.69) is 73.6 Å². The van der Waals surface area contributed by atoms with Crippen molar-refractivity contribution in [1.29, 1.82) is 0 Å². The number of nitrogens with one attached hydrogen (secondary N) is 1. The normalized spacial score (nSPS) is 11.0. The number of hydrogen-bond acceptors (Lipinski definition) is 6. The molecule has 0 aliphatic heterocycles. The fourth-order valence-electron chi connectivity index (χ4n) is 2.18. The van der Waals surface area contributed by atoms with Crippen molar-refractivity contribution in [1.82, 2.24) is 20.2 Å². The van der Waals surface area contributed by atoms with Crippen LogP contribution >= 0.6 is 34.4 Å². The van der Waals surface area contributed by atoms with Crippen molar-refractivity contribution in [3.8, 4) is 22.0 Å². The van der Waals surface area contributed by atoms with Gasteiger partial charge in [-0.25, -0.2) is 9.97 Å². The smallest absolute Gasteiger partial charge is 0.209 e. The molecule has 4 aromatic rings. The fraction of sp³-hybridized carbons (Fsp3) is 0.118. The maximum atomic E-state index is 4.68. The van der Waals surface area contributed by atoms with Crippen molar-refractivity contribution in [2.24, 2.45) is 0 Å². The first-order chi connectivity index (χ1) is 11.8. The Kier molecular flexibility index (Phi) is 4.46. The summed E-state index contributed by atoms with van der Waals surface area (Å²) in [6.07, 6.45) is 0. The Bertz CT molecular complexity index is 923. The lowest BCUT2D eigenvalue weighted by molar-refractivity contribution is 0.972. The molecule has 3 heterocycles. The van der Waals surface area contributed by atoms with E-state index in [0.29, 0.717) is 0 Å². The molecule has 24 heavy (non-hydrogen) atoms. The van der Waals surface area contributed by atoms with E-state index in [0.717, 1.165) is 33.0 Å². The van der Waals surface area contributed by atoms with Gasteiger partial charge in [-0.3, -0.25) is 5.10 Å². The van der Waals surface area contributed by atoms with Gasteiger partial charge in [0.25, 0.3) is 0 Å². The topological polar surface area (TPSA) is 54.5 Å². The monoisotopic (exact) mass is 370 g/mol. The van der Waals surface area contributed by atoms with E-state index in [4.69, 9.17) is 0 Å². The molecule has 0 saturated carbocycles. The number of aromatic nitrogens is 4. The quantitative estimate of drug-likeness (QED) is 0.487. The predicted molar refractivity (Wildman–Crippen MR) is 102 cm³/mol. The van der Waals surface area contributed by atoms with E-state index in [1.807, 2.05) is 0 Å². The van der Waals surface area contributed by atoms with Gasteiger partial charge < -0.3 is 0 Å². The molecule has 0 unspecified atom stereocenters. The lowest BCUT2D eigenvalue weighted by Gasteiger charge is -1.96. The van der Waals surface area contributed by atoms with Gasteiger partial charge in [0.05, 0.1) is 5.69 Å². The number of thiazole rings is 1. The zero-order valence-corrected chi connectivity index (χ0v) is 15.3. The zero-order valence-electron chi connectivity index (χ0n) is 12.9. The number of nitrogens with zero attached hydrogens (tertiary/aromatic N) is 3. The zero-order chi connectivity index (χ0) is 16.4. The molecular formula is C17H14N4S3. The molecule has 0 amide bonds. The van der Waals surface area contributed by atoms with E-state index >= 15 is 0 Å². The van der Waals surface area contributed by atoms with Gasteiger partial charge in [0.1, 0.15) is 5.01 Å². The Balaban J connectivity index is 1.42. The van der Waals surface area contributed by atoms with Crippen LogP contribution in [-0.4, -0.2) is 20.2 Å². The highest BCUT2D eigenvalue weighted by Gasteiger charge is 2.09. The van der Waals surface area contributed by atoms with E-state index < -0.39 is 0 Å². The van der Waals surface area contributed by atoms with Crippen molar-refractivity contribution >= 4 is 34.4 Å². The van der Waals surface area contributed by atoms with Gasteiger partial charge >= 0.3 is 0 Å². The minimum Gasteiger partial charge on any atom is -0.258 e. The Morgan fingerprint density at radius 3 is 2.71 bits per heavy atom. The molecule has 4 nitrogen and oxygen atoms in total. The maximum Gasteiger partial charge on any atom is 0.209 e. The molecule has 120 valence electrons. The Morgan fingerprint density at radius 2 is 1.92 bits per heavy atom. The number of H-pyrrole nitrogens is 1. The first-order valence-electron chi connectivity index (χ1n) is 7.37. The van der Waals surface area contributed by atoms with Crippen LogP contribution in [0.1, 0.15) is 11.3 Å². The van der Waals surface area contributed by atoms with Crippen molar-refractivity contribution < 1.29 is 0 Å². The van der Waals surface area contributed by atoms with Gasteiger partial charge in [-0.2, -0.15) is 11.3 Å². The number of thiophene rings is 1. The summed E-state index contributed by atoms with van der Waals surface area (Å²) in [6.45, 7) is 2.07. The predicted octanol–water partition coefficient (Wildman–Crippen LogP) is 5.26.